The molecule has 2 aliphatic heterocycles. The SMILES string of the molecule is CC(C)(C(O)B1OCc2ccccc21)C(O)B1OCc2ccccc21. The molecular weight excluding hydrogens is 314 g/mol. The molecule has 2 aromatic carbocycles. The fourth-order valence-corrected chi connectivity index (χ4v) is 3.90. The van der Waals surface area contributed by atoms with Crippen LogP contribution in [0.5, 0.6) is 0 Å². The second-order valence-corrected chi connectivity index (χ2v) is 7.57. The number of hydrogen-bond acceptors (Lipinski definition) is 4. The third kappa shape index (κ3) is 2.74. The van der Waals surface area contributed by atoms with E-state index in [1.54, 1.807) is 0 Å². The summed E-state index contributed by atoms with van der Waals surface area (Å²) in [4.78, 5) is 0. The molecule has 2 heterocycles. The van der Waals surface area contributed by atoms with E-state index >= 15 is 0 Å². The van der Waals surface area contributed by atoms with E-state index in [-0.39, 0.29) is 0 Å². The van der Waals surface area contributed by atoms with Crippen LogP contribution in [0.2, 0.25) is 0 Å². The van der Waals surface area contributed by atoms with Crippen molar-refractivity contribution in [3.05, 3.63) is 59.7 Å². The molecular formula is C19H22B2O4. The molecule has 0 bridgehead atoms. The number of rotatable bonds is 4. The van der Waals surface area contributed by atoms with E-state index < -0.39 is 31.3 Å². The predicted octanol–water partition coefficient (Wildman–Crippen LogP) is 0.671. The van der Waals surface area contributed by atoms with Crippen LogP contribution in [0.15, 0.2) is 48.5 Å². The largest absolute Gasteiger partial charge is 0.425 e. The normalized spacial score (nSPS) is 18.9. The van der Waals surface area contributed by atoms with Crippen LogP contribution in [0.25, 0.3) is 0 Å². The summed E-state index contributed by atoms with van der Waals surface area (Å²) in [5, 5.41) is 22.1. The van der Waals surface area contributed by atoms with Crippen molar-refractivity contribution in [1.29, 1.82) is 0 Å². The molecule has 2 atom stereocenters. The monoisotopic (exact) mass is 336 g/mol. The Kier molecular flexibility index (Phi) is 4.24. The molecule has 0 aromatic heterocycles. The van der Waals surface area contributed by atoms with Crippen molar-refractivity contribution >= 4 is 24.8 Å². The van der Waals surface area contributed by atoms with Crippen molar-refractivity contribution in [3.8, 4) is 0 Å². The van der Waals surface area contributed by atoms with Gasteiger partial charge < -0.3 is 19.5 Å². The summed E-state index contributed by atoms with van der Waals surface area (Å²) in [7, 11) is 0. The number of hydrogen-bond donors (Lipinski definition) is 2. The van der Waals surface area contributed by atoms with Crippen molar-refractivity contribution in [2.75, 3.05) is 0 Å². The van der Waals surface area contributed by atoms with E-state index in [1.165, 1.54) is 0 Å². The van der Waals surface area contributed by atoms with Crippen LogP contribution >= 0.6 is 0 Å². The Morgan fingerprint density at radius 2 is 1.20 bits per heavy atom. The van der Waals surface area contributed by atoms with E-state index in [2.05, 4.69) is 0 Å². The molecule has 2 aliphatic rings. The van der Waals surface area contributed by atoms with Gasteiger partial charge in [0.05, 0.1) is 25.2 Å². The molecule has 0 saturated heterocycles. The molecule has 6 heteroatoms. The molecule has 2 N–H and O–H groups in total. The second-order valence-electron chi connectivity index (χ2n) is 7.57. The molecule has 0 aliphatic carbocycles. The number of benzene rings is 2. The summed E-state index contributed by atoms with van der Waals surface area (Å²) < 4.78 is 11.7. The maximum atomic E-state index is 11.1. The van der Waals surface area contributed by atoms with E-state index in [4.69, 9.17) is 9.31 Å². The second kappa shape index (κ2) is 6.29. The molecule has 0 radical (unpaired) electrons. The molecule has 0 saturated carbocycles. The summed E-state index contributed by atoms with van der Waals surface area (Å²) in [5.74, 6) is 0. The van der Waals surface area contributed by atoms with Gasteiger partial charge in [-0.1, -0.05) is 62.4 Å². The van der Waals surface area contributed by atoms with Crippen LogP contribution in [-0.2, 0) is 22.5 Å². The first-order valence-electron chi connectivity index (χ1n) is 8.75. The molecule has 4 rings (SSSR count). The smallest absolute Gasteiger partial charge is 0.357 e. The minimum atomic E-state index is -0.845. The van der Waals surface area contributed by atoms with Crippen molar-refractivity contribution in [3.63, 3.8) is 0 Å². The van der Waals surface area contributed by atoms with Crippen molar-refractivity contribution in [2.24, 2.45) is 5.41 Å². The molecule has 128 valence electrons. The summed E-state index contributed by atoms with van der Waals surface area (Å²) in [5.41, 5.74) is 3.40. The average molecular weight is 336 g/mol. The first kappa shape index (κ1) is 16.9. The first-order chi connectivity index (χ1) is 12.0. The van der Waals surface area contributed by atoms with Gasteiger partial charge in [0.1, 0.15) is 0 Å². The molecule has 0 amide bonds. The van der Waals surface area contributed by atoms with Crippen molar-refractivity contribution < 1.29 is 19.5 Å². The van der Waals surface area contributed by atoms with Gasteiger partial charge in [0, 0.05) is 5.41 Å². The van der Waals surface area contributed by atoms with E-state index in [0.29, 0.717) is 13.2 Å². The third-order valence-electron chi connectivity index (χ3n) is 5.66. The Hall–Kier alpha value is -1.59. The number of aliphatic hydroxyl groups excluding tert-OH is 2. The van der Waals surface area contributed by atoms with Gasteiger partial charge in [-0.3, -0.25) is 0 Å². The molecule has 0 fully saturated rings. The Labute approximate surface area is 149 Å². The van der Waals surface area contributed by atoms with Crippen LogP contribution in [0.3, 0.4) is 0 Å². The quantitative estimate of drug-likeness (QED) is 0.806. The Bertz CT molecular complexity index is 716. The van der Waals surface area contributed by atoms with Crippen LogP contribution in [0.1, 0.15) is 25.0 Å². The Balaban J connectivity index is 1.59. The average Bonchev–Trinajstić information content (AvgIpc) is 3.24. The van der Waals surface area contributed by atoms with E-state index in [1.807, 2.05) is 62.4 Å². The minimum absolute atomic E-state index is 0.433. The molecule has 25 heavy (non-hydrogen) atoms. The van der Waals surface area contributed by atoms with Gasteiger partial charge in [-0.05, 0) is 22.1 Å². The maximum absolute atomic E-state index is 11.1. The topological polar surface area (TPSA) is 58.9 Å². The van der Waals surface area contributed by atoms with E-state index in [0.717, 1.165) is 22.1 Å². The highest BCUT2D eigenvalue weighted by Crippen LogP contribution is 2.32. The highest BCUT2D eigenvalue weighted by Gasteiger charge is 2.51. The van der Waals surface area contributed by atoms with Gasteiger partial charge in [-0.2, -0.15) is 0 Å². The van der Waals surface area contributed by atoms with Gasteiger partial charge in [0.2, 0.25) is 0 Å². The highest BCUT2D eigenvalue weighted by atomic mass is 16.5. The molecule has 0 spiro atoms. The Morgan fingerprint density at radius 1 is 0.800 bits per heavy atom. The maximum Gasteiger partial charge on any atom is 0.357 e. The fourth-order valence-electron chi connectivity index (χ4n) is 3.90. The van der Waals surface area contributed by atoms with Gasteiger partial charge in [0.15, 0.2) is 0 Å². The van der Waals surface area contributed by atoms with Gasteiger partial charge >= 0.3 is 13.8 Å². The predicted molar refractivity (Wildman–Crippen MR) is 99.0 cm³/mol. The standard InChI is InChI=1S/C19H22B2O4/c1-19(2,17(22)20-15-9-5-3-7-13(15)11-24-20)18(23)21-16-10-6-4-8-14(16)12-25-21/h3-10,17-18,22-23H,11-12H2,1-2H3. The van der Waals surface area contributed by atoms with Crippen LogP contribution < -0.4 is 10.9 Å². The first-order valence-corrected chi connectivity index (χ1v) is 8.75. The zero-order valence-electron chi connectivity index (χ0n) is 14.6. The van der Waals surface area contributed by atoms with Crippen molar-refractivity contribution in [2.45, 2.75) is 39.1 Å². The lowest BCUT2D eigenvalue weighted by atomic mass is 9.42. The number of fused-ring (bicyclic) bond motifs is 2. The lowest BCUT2D eigenvalue weighted by Gasteiger charge is -2.38. The van der Waals surface area contributed by atoms with Crippen LogP contribution in [0, 0.1) is 5.41 Å². The summed E-state index contributed by atoms with van der Waals surface area (Å²) in [6.45, 7) is 3.86. The molecule has 2 aromatic rings. The lowest BCUT2D eigenvalue weighted by molar-refractivity contribution is 0.0119. The summed E-state index contributed by atoms with van der Waals surface area (Å²) >= 11 is 0. The van der Waals surface area contributed by atoms with Gasteiger partial charge in [0.25, 0.3) is 0 Å². The van der Waals surface area contributed by atoms with Crippen molar-refractivity contribution in [1.82, 2.24) is 0 Å². The zero-order chi connectivity index (χ0) is 17.6. The molecule has 2 unspecified atom stereocenters. The van der Waals surface area contributed by atoms with Gasteiger partial charge in [-0.15, -0.1) is 0 Å². The summed E-state index contributed by atoms with van der Waals surface area (Å²) in [6.07, 6.45) is 0. The lowest BCUT2D eigenvalue weighted by Crippen LogP contribution is -2.59. The fraction of sp³-hybridized carbons (Fsp3) is 0.368. The van der Waals surface area contributed by atoms with Gasteiger partial charge in [-0.25, -0.2) is 0 Å². The van der Waals surface area contributed by atoms with E-state index in [9.17, 15) is 10.2 Å². The Morgan fingerprint density at radius 3 is 1.64 bits per heavy atom. The van der Waals surface area contributed by atoms with Crippen LogP contribution in [0.4, 0.5) is 0 Å². The van der Waals surface area contributed by atoms with Crippen LogP contribution in [-0.4, -0.2) is 36.1 Å². The molecule has 4 nitrogen and oxygen atoms in total. The minimum Gasteiger partial charge on any atom is -0.425 e. The highest BCUT2D eigenvalue weighted by molar-refractivity contribution is 6.72. The summed E-state index contributed by atoms with van der Waals surface area (Å²) in [6, 6.07) is 14.2. The third-order valence-corrected chi connectivity index (χ3v) is 5.66. The zero-order valence-corrected chi connectivity index (χ0v) is 14.6. The number of aliphatic hydroxyl groups is 2.